The second kappa shape index (κ2) is 11.0. The van der Waals surface area contributed by atoms with Crippen molar-refractivity contribution in [2.75, 3.05) is 6.61 Å². The number of carbonyl (C=O) groups is 1. The molecule has 32 heavy (non-hydrogen) atoms. The predicted octanol–water partition coefficient (Wildman–Crippen LogP) is 6.31. The molecule has 0 radical (unpaired) electrons. The molecule has 1 aliphatic rings. The summed E-state index contributed by atoms with van der Waals surface area (Å²) in [4.78, 5) is 22.5. The first kappa shape index (κ1) is 24.3. The molecule has 2 aromatic carbocycles. The maximum Gasteiger partial charge on any atom is 0.336 e. The topological polar surface area (TPSA) is 59.9 Å². The van der Waals surface area contributed by atoms with Gasteiger partial charge in [-0.2, -0.15) is 0 Å². The number of allylic oxidation sites excluding steroid dienone is 2. The molecule has 0 spiro atoms. The molecule has 168 valence electrons. The molecule has 0 unspecified atom stereocenters. The van der Waals surface area contributed by atoms with E-state index in [1.165, 1.54) is 24.4 Å². The van der Waals surface area contributed by atoms with Gasteiger partial charge in [-0.15, -0.1) is 0 Å². The number of ether oxygens (including phenoxy) is 1. The van der Waals surface area contributed by atoms with Crippen LogP contribution in [-0.4, -0.2) is 17.7 Å². The number of esters is 1. The summed E-state index contributed by atoms with van der Waals surface area (Å²) in [5, 5.41) is 1.01. The van der Waals surface area contributed by atoms with E-state index in [1.807, 2.05) is 12.1 Å². The molecular weight excluding hydrogens is 478 g/mol. The second-order valence-corrected chi connectivity index (χ2v) is 8.05. The van der Waals surface area contributed by atoms with Crippen molar-refractivity contribution in [3.63, 3.8) is 0 Å². The van der Waals surface area contributed by atoms with Crippen LogP contribution in [0.5, 0.6) is 0 Å². The van der Waals surface area contributed by atoms with Gasteiger partial charge in [-0.3, -0.25) is 10.3 Å². The number of hydrogen-bond donors (Lipinski definition) is 1. The van der Waals surface area contributed by atoms with E-state index in [0.717, 1.165) is 5.56 Å². The summed E-state index contributed by atoms with van der Waals surface area (Å²) in [6.45, 7) is 3.73. The third kappa shape index (κ3) is 5.70. The lowest BCUT2D eigenvalue weighted by atomic mass is 9.82. The first-order valence-electron chi connectivity index (χ1n) is 9.71. The fraction of sp³-hybridized carbons (Fsp3) is 0.217. The highest BCUT2D eigenvalue weighted by atomic mass is 35.5. The molecule has 3 rings (SSSR count). The minimum atomic E-state index is -0.554. The Bertz CT molecular complexity index is 1100. The predicted molar refractivity (Wildman–Crippen MR) is 124 cm³/mol. The Morgan fingerprint density at radius 1 is 1.19 bits per heavy atom. The monoisotopic (exact) mass is 496 g/mol. The summed E-state index contributed by atoms with van der Waals surface area (Å²) < 4.78 is 18.5. The zero-order chi connectivity index (χ0) is 23.3. The first-order chi connectivity index (χ1) is 15.3. The standard InChI is InChI=1S/C23H20Cl3FN2O3/c1-3-31-23(30)20-13(2)29-22(26)18(21(20)14-4-7-16(24)8-5-14)11-28-32-12-15-6-9-17(27)10-19(15)25/h4-11,21,28H,3,12H2,1-2H3/t21-/m0/s1. The van der Waals surface area contributed by atoms with E-state index in [2.05, 4.69) is 10.5 Å². The normalized spacial score (nSPS) is 17.4. The van der Waals surface area contributed by atoms with E-state index >= 15 is 0 Å². The largest absolute Gasteiger partial charge is 0.463 e. The molecule has 0 amide bonds. The number of benzene rings is 2. The Morgan fingerprint density at radius 3 is 2.56 bits per heavy atom. The molecule has 0 aliphatic carbocycles. The summed E-state index contributed by atoms with van der Waals surface area (Å²) in [5.74, 6) is -1.47. The fourth-order valence-corrected chi connectivity index (χ4v) is 3.88. The Balaban J connectivity index is 1.90. The molecule has 5 nitrogen and oxygen atoms in total. The van der Waals surface area contributed by atoms with Crippen LogP contribution in [0.2, 0.25) is 10.0 Å². The van der Waals surface area contributed by atoms with Crippen LogP contribution in [0.3, 0.4) is 0 Å². The smallest absolute Gasteiger partial charge is 0.336 e. The van der Waals surface area contributed by atoms with Gasteiger partial charge in [-0.25, -0.2) is 14.2 Å². The molecule has 0 bridgehead atoms. The van der Waals surface area contributed by atoms with Crippen molar-refractivity contribution in [2.24, 2.45) is 4.99 Å². The van der Waals surface area contributed by atoms with Crippen LogP contribution < -0.4 is 5.48 Å². The average Bonchev–Trinajstić information content (AvgIpc) is 2.74. The molecule has 0 fully saturated rings. The molecule has 0 aromatic heterocycles. The Labute approximate surface area is 200 Å². The number of nitrogens with zero attached hydrogens (tertiary/aromatic N) is 1. The van der Waals surface area contributed by atoms with E-state index < -0.39 is 17.7 Å². The van der Waals surface area contributed by atoms with Crippen molar-refractivity contribution in [1.29, 1.82) is 0 Å². The average molecular weight is 498 g/mol. The minimum Gasteiger partial charge on any atom is -0.463 e. The van der Waals surface area contributed by atoms with Crippen molar-refractivity contribution in [3.05, 3.63) is 92.5 Å². The lowest BCUT2D eigenvalue weighted by molar-refractivity contribution is -0.138. The number of hydroxylamine groups is 1. The fourth-order valence-electron chi connectivity index (χ4n) is 3.24. The van der Waals surface area contributed by atoms with Crippen LogP contribution in [0.25, 0.3) is 0 Å². The molecule has 1 N–H and O–H groups in total. The van der Waals surface area contributed by atoms with E-state index in [1.54, 1.807) is 26.0 Å². The van der Waals surface area contributed by atoms with Gasteiger partial charge in [0, 0.05) is 27.7 Å². The molecule has 1 aliphatic heterocycles. The van der Waals surface area contributed by atoms with Crippen LogP contribution in [-0.2, 0) is 21.0 Å². The maximum absolute atomic E-state index is 13.2. The highest BCUT2D eigenvalue weighted by molar-refractivity contribution is 6.70. The Kier molecular flexibility index (Phi) is 8.32. The van der Waals surface area contributed by atoms with Crippen molar-refractivity contribution in [2.45, 2.75) is 26.4 Å². The molecule has 2 aromatic rings. The number of nitrogens with one attached hydrogen (secondary N) is 1. The zero-order valence-electron chi connectivity index (χ0n) is 17.3. The lowest BCUT2D eigenvalue weighted by Gasteiger charge is -2.27. The maximum atomic E-state index is 13.2. The van der Waals surface area contributed by atoms with Gasteiger partial charge in [0.15, 0.2) is 0 Å². The number of aliphatic imine (C=N–C) groups is 1. The SMILES string of the molecule is CCOC(=O)C1=C(C)N=C(Cl)C(=CNOCc2ccc(F)cc2Cl)[C@@H]1c1ccc(Cl)cc1. The van der Waals surface area contributed by atoms with E-state index in [9.17, 15) is 9.18 Å². The van der Waals surface area contributed by atoms with Gasteiger partial charge in [0.1, 0.15) is 17.6 Å². The summed E-state index contributed by atoms with van der Waals surface area (Å²) in [6.07, 6.45) is 1.52. The zero-order valence-corrected chi connectivity index (χ0v) is 19.6. The van der Waals surface area contributed by atoms with Gasteiger partial charge >= 0.3 is 5.97 Å². The molecule has 0 saturated heterocycles. The minimum absolute atomic E-state index is 0.0723. The van der Waals surface area contributed by atoms with Gasteiger partial charge in [-0.1, -0.05) is 53.0 Å². The van der Waals surface area contributed by atoms with Crippen LogP contribution in [0.4, 0.5) is 4.39 Å². The molecule has 0 saturated carbocycles. The Hall–Kier alpha value is -2.38. The number of carbonyl (C=O) groups excluding carboxylic acids is 1. The summed E-state index contributed by atoms with van der Waals surface area (Å²) >= 11 is 18.5. The van der Waals surface area contributed by atoms with Crippen LogP contribution in [0.15, 0.2) is 70.5 Å². The highest BCUT2D eigenvalue weighted by Gasteiger charge is 2.34. The van der Waals surface area contributed by atoms with Crippen molar-refractivity contribution >= 4 is 45.9 Å². The summed E-state index contributed by atoms with van der Waals surface area (Å²) in [7, 11) is 0. The van der Waals surface area contributed by atoms with Crippen LogP contribution in [0.1, 0.15) is 30.9 Å². The Morgan fingerprint density at radius 2 is 1.91 bits per heavy atom. The van der Waals surface area contributed by atoms with Gasteiger partial charge < -0.3 is 4.74 Å². The molecule has 9 heteroatoms. The number of rotatable bonds is 7. The quantitative estimate of drug-likeness (QED) is 0.277. The van der Waals surface area contributed by atoms with Crippen molar-refractivity contribution < 1.29 is 18.8 Å². The van der Waals surface area contributed by atoms with E-state index in [0.29, 0.717) is 27.4 Å². The first-order valence-corrected chi connectivity index (χ1v) is 10.8. The van der Waals surface area contributed by atoms with E-state index in [-0.39, 0.29) is 23.4 Å². The molecule has 1 heterocycles. The van der Waals surface area contributed by atoms with Crippen LogP contribution >= 0.6 is 34.8 Å². The van der Waals surface area contributed by atoms with Crippen molar-refractivity contribution in [3.8, 4) is 0 Å². The van der Waals surface area contributed by atoms with Crippen molar-refractivity contribution in [1.82, 2.24) is 5.48 Å². The van der Waals surface area contributed by atoms with Gasteiger partial charge in [-0.05, 0) is 49.2 Å². The molecule has 1 atom stereocenters. The number of halogens is 4. The summed E-state index contributed by atoms with van der Waals surface area (Å²) in [6, 6.07) is 11.1. The van der Waals surface area contributed by atoms with Gasteiger partial charge in [0.05, 0.1) is 17.9 Å². The van der Waals surface area contributed by atoms with Gasteiger partial charge in [0.2, 0.25) is 0 Å². The molecular formula is C23H20Cl3FN2O3. The van der Waals surface area contributed by atoms with Gasteiger partial charge in [0.25, 0.3) is 0 Å². The van der Waals surface area contributed by atoms with E-state index in [4.69, 9.17) is 44.4 Å². The third-order valence-corrected chi connectivity index (χ3v) is 5.64. The summed E-state index contributed by atoms with van der Waals surface area (Å²) in [5.41, 5.74) is 5.43. The third-order valence-electron chi connectivity index (χ3n) is 4.73. The lowest BCUT2D eigenvalue weighted by Crippen LogP contribution is -2.25. The second-order valence-electron chi connectivity index (χ2n) is 6.85. The highest BCUT2D eigenvalue weighted by Crippen LogP contribution is 2.40. The van der Waals surface area contributed by atoms with Crippen LogP contribution in [0, 0.1) is 5.82 Å². The number of hydrogen-bond acceptors (Lipinski definition) is 5.